The first-order chi connectivity index (χ1) is 25.2. The fourth-order valence-electron chi connectivity index (χ4n) is 7.61. The van der Waals surface area contributed by atoms with Gasteiger partial charge in [0.1, 0.15) is 18.1 Å². The Morgan fingerprint density at radius 3 is 2.20 bits per heavy atom. The highest BCUT2D eigenvalue weighted by molar-refractivity contribution is 7.89. The molecular weight excluding hydrogens is 760 g/mol. The second-order valence-electron chi connectivity index (χ2n) is 17.7. The quantitative estimate of drug-likeness (QED) is 0.190. The second kappa shape index (κ2) is 16.5. The standard InChI is InChI=1S/C37H56ClF2N7O7S/c1-35(2,3)25(19-46-14-9-15-55(46,53)54)44-34(52)45-29(36(4,5)6)33(51)47-18-22-27(37(22,7)8)28(47)32(50)43-24(17-26(39)40)31(49)42-13-12-20-10-11-21(30(41)48)16-23(20)38/h10-11,16,22,24-29H,9,12-15,17-19H2,1-8H3,(H2,41,48)(H,42,49)(H,43,50)(H2,44,45,52)/t22-,24-,25+,27-,28-,29+/m0/s1. The van der Waals surface area contributed by atoms with Gasteiger partial charge in [-0.25, -0.2) is 22.0 Å². The van der Waals surface area contributed by atoms with Crippen molar-refractivity contribution in [1.82, 2.24) is 30.5 Å². The monoisotopic (exact) mass is 815 g/mol. The van der Waals surface area contributed by atoms with E-state index < -0.39 is 87.5 Å². The summed E-state index contributed by atoms with van der Waals surface area (Å²) in [5.74, 6) is -3.17. The van der Waals surface area contributed by atoms with Crippen LogP contribution in [-0.4, -0.2) is 110 Å². The zero-order valence-electron chi connectivity index (χ0n) is 32.8. The number of carbonyl (C=O) groups is 5. The van der Waals surface area contributed by atoms with E-state index >= 15 is 0 Å². The highest BCUT2D eigenvalue weighted by Gasteiger charge is 2.70. The number of alkyl halides is 2. The van der Waals surface area contributed by atoms with Crippen LogP contribution in [0.1, 0.15) is 84.2 Å². The summed E-state index contributed by atoms with van der Waals surface area (Å²) in [6.45, 7) is 15.4. The van der Waals surface area contributed by atoms with E-state index in [0.29, 0.717) is 18.5 Å². The lowest BCUT2D eigenvalue weighted by molar-refractivity contribution is -0.144. The Kier molecular flexibility index (Phi) is 13.2. The lowest BCUT2D eigenvalue weighted by Crippen LogP contribution is -2.62. The molecule has 308 valence electrons. The zero-order valence-corrected chi connectivity index (χ0v) is 34.4. The van der Waals surface area contributed by atoms with Crippen LogP contribution in [-0.2, 0) is 30.8 Å². The van der Waals surface area contributed by atoms with E-state index in [0.717, 1.165) is 0 Å². The average molecular weight is 816 g/mol. The predicted molar refractivity (Wildman–Crippen MR) is 204 cm³/mol. The number of primary amides is 1. The van der Waals surface area contributed by atoms with Gasteiger partial charge in [-0.2, -0.15) is 4.31 Å². The molecular formula is C37H56ClF2N7O7S. The second-order valence-corrected chi connectivity index (χ2v) is 20.1. The van der Waals surface area contributed by atoms with Gasteiger partial charge in [-0.1, -0.05) is 73.1 Å². The lowest BCUT2D eigenvalue weighted by Gasteiger charge is -2.39. The molecule has 1 saturated carbocycles. The van der Waals surface area contributed by atoms with Gasteiger partial charge in [-0.05, 0) is 58.6 Å². The molecule has 0 unspecified atom stereocenters. The highest BCUT2D eigenvalue weighted by Crippen LogP contribution is 2.65. The topological polar surface area (TPSA) is 200 Å². The van der Waals surface area contributed by atoms with Gasteiger partial charge in [-0.3, -0.25) is 19.2 Å². The van der Waals surface area contributed by atoms with Crippen molar-refractivity contribution in [3.63, 3.8) is 0 Å². The third kappa shape index (κ3) is 10.4. The van der Waals surface area contributed by atoms with Crippen molar-refractivity contribution < 1.29 is 41.2 Å². The minimum Gasteiger partial charge on any atom is -0.366 e. The minimum absolute atomic E-state index is 0.0131. The number of likely N-dealkylation sites (tertiary alicyclic amines) is 1. The smallest absolute Gasteiger partial charge is 0.315 e. The number of nitrogens with one attached hydrogen (secondary N) is 4. The molecule has 55 heavy (non-hydrogen) atoms. The molecule has 3 fully saturated rings. The van der Waals surface area contributed by atoms with E-state index in [1.807, 2.05) is 34.6 Å². The normalized spacial score (nSPS) is 23.3. The van der Waals surface area contributed by atoms with Crippen molar-refractivity contribution >= 4 is 51.3 Å². The fraction of sp³-hybridized carbons (Fsp3) is 0.703. The summed E-state index contributed by atoms with van der Waals surface area (Å²) >= 11 is 6.24. The van der Waals surface area contributed by atoms with Crippen molar-refractivity contribution in [2.75, 3.05) is 31.9 Å². The van der Waals surface area contributed by atoms with Crippen LogP contribution in [0.25, 0.3) is 0 Å². The summed E-state index contributed by atoms with van der Waals surface area (Å²) < 4.78 is 54.0. The number of halogens is 3. The molecule has 0 aromatic heterocycles. The highest BCUT2D eigenvalue weighted by atomic mass is 35.5. The van der Waals surface area contributed by atoms with Crippen LogP contribution < -0.4 is 27.0 Å². The van der Waals surface area contributed by atoms with Crippen molar-refractivity contribution in [3.05, 3.63) is 34.3 Å². The molecule has 1 aromatic carbocycles. The molecule has 6 N–H and O–H groups in total. The van der Waals surface area contributed by atoms with Crippen molar-refractivity contribution in [2.24, 2.45) is 33.8 Å². The third-order valence-electron chi connectivity index (χ3n) is 11.2. The van der Waals surface area contributed by atoms with E-state index in [2.05, 4.69) is 21.3 Å². The summed E-state index contributed by atoms with van der Waals surface area (Å²) in [5.41, 5.74) is 4.31. The first-order valence-electron chi connectivity index (χ1n) is 18.6. The van der Waals surface area contributed by atoms with Crippen molar-refractivity contribution in [2.45, 2.75) is 105 Å². The summed E-state index contributed by atoms with van der Waals surface area (Å²) in [6.07, 6.45) is -3.21. The third-order valence-corrected chi connectivity index (χ3v) is 13.4. The van der Waals surface area contributed by atoms with Crippen LogP contribution in [0, 0.1) is 28.1 Å². The minimum atomic E-state index is -3.44. The largest absolute Gasteiger partial charge is 0.366 e. The van der Waals surface area contributed by atoms with Crippen LogP contribution in [0.5, 0.6) is 0 Å². The number of hydrogen-bond donors (Lipinski definition) is 5. The zero-order chi connectivity index (χ0) is 41.4. The fourth-order valence-corrected chi connectivity index (χ4v) is 9.42. The molecule has 1 aromatic rings. The Morgan fingerprint density at radius 1 is 1.02 bits per heavy atom. The number of piperidine rings is 1. The number of sulfonamides is 1. The molecule has 6 atom stereocenters. The number of nitrogens with zero attached hydrogens (tertiary/aromatic N) is 2. The molecule has 3 aliphatic rings. The van der Waals surface area contributed by atoms with Crippen LogP contribution in [0.4, 0.5) is 13.6 Å². The van der Waals surface area contributed by atoms with Gasteiger partial charge >= 0.3 is 6.03 Å². The molecule has 2 heterocycles. The summed E-state index contributed by atoms with van der Waals surface area (Å²) in [6, 6.07) is -0.703. The van der Waals surface area contributed by atoms with Crippen LogP contribution in [0.3, 0.4) is 0 Å². The Bertz CT molecular complexity index is 1770. The summed E-state index contributed by atoms with van der Waals surface area (Å²) in [5, 5.41) is 11.0. The number of hydrogen-bond acceptors (Lipinski definition) is 7. The number of nitrogens with two attached hydrogens (primary N) is 1. The number of amides is 6. The molecule has 0 bridgehead atoms. The van der Waals surface area contributed by atoms with Gasteiger partial charge in [0.2, 0.25) is 40.1 Å². The van der Waals surface area contributed by atoms with E-state index in [4.69, 9.17) is 17.3 Å². The predicted octanol–water partition coefficient (Wildman–Crippen LogP) is 2.88. The maximum Gasteiger partial charge on any atom is 0.315 e. The van der Waals surface area contributed by atoms with Gasteiger partial charge in [0.15, 0.2) is 0 Å². The molecule has 1 aliphatic carbocycles. The van der Waals surface area contributed by atoms with E-state index in [1.165, 1.54) is 21.3 Å². The summed E-state index contributed by atoms with van der Waals surface area (Å²) in [4.78, 5) is 68.1. The van der Waals surface area contributed by atoms with Gasteiger partial charge in [0.05, 0.1) is 5.75 Å². The first-order valence-corrected chi connectivity index (χ1v) is 20.5. The molecule has 2 aliphatic heterocycles. The maximum atomic E-state index is 14.4. The molecule has 4 rings (SSSR count). The lowest BCUT2D eigenvalue weighted by atomic mass is 9.85. The van der Waals surface area contributed by atoms with Crippen molar-refractivity contribution in [1.29, 1.82) is 0 Å². The number of carbonyl (C=O) groups excluding carboxylic acids is 5. The number of urea groups is 1. The first kappa shape index (κ1) is 44.1. The van der Waals surface area contributed by atoms with E-state index in [9.17, 15) is 41.2 Å². The Labute approximate surface area is 327 Å². The van der Waals surface area contributed by atoms with Crippen LogP contribution in [0.2, 0.25) is 5.02 Å². The molecule has 2 saturated heterocycles. The molecule has 0 spiro atoms. The number of benzene rings is 1. The Morgan fingerprint density at radius 2 is 1.67 bits per heavy atom. The van der Waals surface area contributed by atoms with Crippen LogP contribution >= 0.6 is 11.6 Å². The molecule has 18 heteroatoms. The van der Waals surface area contributed by atoms with E-state index in [-0.39, 0.29) is 59.6 Å². The van der Waals surface area contributed by atoms with Crippen molar-refractivity contribution in [3.8, 4) is 0 Å². The Balaban J connectivity index is 1.48. The van der Waals surface area contributed by atoms with Gasteiger partial charge in [0, 0.05) is 49.2 Å². The molecule has 0 radical (unpaired) electrons. The number of fused-ring (bicyclic) bond motifs is 1. The van der Waals surface area contributed by atoms with Gasteiger partial charge in [0.25, 0.3) is 0 Å². The van der Waals surface area contributed by atoms with Gasteiger partial charge < -0.3 is 31.9 Å². The SMILES string of the molecule is CC(C)(C)[C@H](NC(=O)N[C@H](CN1CCCS1(=O)=O)C(C)(C)C)C(=O)N1C[C@H]2[C@@H]([C@H]1C(=O)N[C@@H](CC(F)F)C(=O)NCCc1ccc(C(N)=O)cc1Cl)C2(C)C. The van der Waals surface area contributed by atoms with Crippen LogP contribution in [0.15, 0.2) is 18.2 Å². The Hall–Kier alpha value is -3.57. The maximum absolute atomic E-state index is 14.4. The van der Waals surface area contributed by atoms with Gasteiger partial charge in [-0.15, -0.1) is 0 Å². The van der Waals surface area contributed by atoms with E-state index in [1.54, 1.807) is 26.8 Å². The molecule has 6 amide bonds. The average Bonchev–Trinajstić information content (AvgIpc) is 3.34. The number of rotatable bonds is 14. The molecule has 14 nitrogen and oxygen atoms in total. The summed E-state index contributed by atoms with van der Waals surface area (Å²) in [7, 11) is -3.44.